The Morgan fingerprint density at radius 3 is 3.00 bits per heavy atom. The molecule has 1 aliphatic rings. The third-order valence-corrected chi connectivity index (χ3v) is 3.75. The Bertz CT molecular complexity index is 584. The molecule has 0 saturated carbocycles. The molecule has 1 atom stereocenters. The van der Waals surface area contributed by atoms with Crippen molar-refractivity contribution in [3.05, 3.63) is 46.3 Å². The van der Waals surface area contributed by atoms with Gasteiger partial charge in [-0.2, -0.15) is 0 Å². The van der Waals surface area contributed by atoms with Gasteiger partial charge in [-0.1, -0.05) is 17.3 Å². The molecule has 0 fully saturated rings. The van der Waals surface area contributed by atoms with E-state index in [0.29, 0.717) is 6.61 Å². The summed E-state index contributed by atoms with van der Waals surface area (Å²) in [5.74, 6) is 1.65. The summed E-state index contributed by atoms with van der Waals surface area (Å²) in [4.78, 5) is 0. The Balaban J connectivity index is 1.82. The average molecular weight is 259 g/mol. The molecule has 0 saturated heterocycles. The van der Waals surface area contributed by atoms with E-state index in [2.05, 4.69) is 5.16 Å². The van der Waals surface area contributed by atoms with Crippen LogP contribution in [0.5, 0.6) is 5.75 Å². The molecular formula is C15H17NO3. The van der Waals surface area contributed by atoms with E-state index in [1.165, 1.54) is 0 Å². The number of rotatable bonds is 3. The number of hydrogen-bond acceptors (Lipinski definition) is 4. The maximum Gasteiger partial charge on any atom is 0.140 e. The second kappa shape index (κ2) is 4.70. The molecule has 0 amide bonds. The van der Waals surface area contributed by atoms with Gasteiger partial charge in [0.25, 0.3) is 0 Å². The van der Waals surface area contributed by atoms with E-state index in [-0.39, 0.29) is 6.10 Å². The molecule has 1 heterocycles. The van der Waals surface area contributed by atoms with Gasteiger partial charge in [-0.3, -0.25) is 0 Å². The van der Waals surface area contributed by atoms with Gasteiger partial charge < -0.3 is 14.4 Å². The van der Waals surface area contributed by atoms with Crippen LogP contribution >= 0.6 is 0 Å². The number of hydrogen-bond donors (Lipinski definition) is 1. The lowest BCUT2D eigenvalue weighted by molar-refractivity contribution is 0.180. The van der Waals surface area contributed by atoms with Crippen molar-refractivity contribution in [2.24, 2.45) is 0 Å². The SMILES string of the molecule is Cc1noc(C)c1COc1cccc2c1CCC2O. The fraction of sp³-hybridized carbons (Fsp3) is 0.400. The van der Waals surface area contributed by atoms with Crippen LogP contribution < -0.4 is 4.74 Å². The summed E-state index contributed by atoms with van der Waals surface area (Å²) >= 11 is 0. The van der Waals surface area contributed by atoms with Crippen LogP contribution in [-0.4, -0.2) is 10.3 Å². The van der Waals surface area contributed by atoms with Gasteiger partial charge >= 0.3 is 0 Å². The molecular weight excluding hydrogens is 242 g/mol. The number of fused-ring (bicyclic) bond motifs is 1. The van der Waals surface area contributed by atoms with Gasteiger partial charge in [-0.05, 0) is 38.3 Å². The molecule has 3 rings (SSSR count). The zero-order valence-electron chi connectivity index (χ0n) is 11.1. The number of aliphatic hydroxyl groups excluding tert-OH is 1. The summed E-state index contributed by atoms with van der Waals surface area (Å²) in [6, 6.07) is 5.85. The Morgan fingerprint density at radius 2 is 2.26 bits per heavy atom. The van der Waals surface area contributed by atoms with Crippen LogP contribution in [0.2, 0.25) is 0 Å². The summed E-state index contributed by atoms with van der Waals surface area (Å²) in [6.07, 6.45) is 1.30. The van der Waals surface area contributed by atoms with E-state index in [1.807, 2.05) is 32.0 Å². The molecule has 4 nitrogen and oxygen atoms in total. The van der Waals surface area contributed by atoms with Crippen LogP contribution in [0.15, 0.2) is 22.7 Å². The Morgan fingerprint density at radius 1 is 1.42 bits per heavy atom. The molecule has 1 aromatic carbocycles. The molecule has 0 bridgehead atoms. The van der Waals surface area contributed by atoms with Crippen LogP contribution in [-0.2, 0) is 13.0 Å². The van der Waals surface area contributed by atoms with Crippen LogP contribution in [0.4, 0.5) is 0 Å². The number of benzene rings is 1. The zero-order valence-corrected chi connectivity index (χ0v) is 11.1. The van der Waals surface area contributed by atoms with Crippen molar-refractivity contribution in [2.75, 3.05) is 0 Å². The number of aromatic nitrogens is 1. The molecule has 1 aliphatic carbocycles. The van der Waals surface area contributed by atoms with Crippen LogP contribution in [0, 0.1) is 13.8 Å². The van der Waals surface area contributed by atoms with Crippen molar-refractivity contribution >= 4 is 0 Å². The van der Waals surface area contributed by atoms with Crippen molar-refractivity contribution in [1.82, 2.24) is 5.16 Å². The topological polar surface area (TPSA) is 55.5 Å². The summed E-state index contributed by atoms with van der Waals surface area (Å²) in [6.45, 7) is 4.25. The first-order chi connectivity index (χ1) is 9.16. The van der Waals surface area contributed by atoms with Crippen molar-refractivity contribution in [2.45, 2.75) is 39.4 Å². The van der Waals surface area contributed by atoms with Gasteiger partial charge in [0.1, 0.15) is 18.1 Å². The lowest BCUT2D eigenvalue weighted by Gasteiger charge is -2.11. The Kier molecular flexibility index (Phi) is 3.03. The fourth-order valence-corrected chi connectivity index (χ4v) is 2.59. The highest BCUT2D eigenvalue weighted by Crippen LogP contribution is 2.37. The van der Waals surface area contributed by atoms with Gasteiger partial charge in [-0.15, -0.1) is 0 Å². The van der Waals surface area contributed by atoms with Crippen molar-refractivity contribution < 1.29 is 14.4 Å². The second-order valence-corrected chi connectivity index (χ2v) is 4.97. The molecule has 1 N–H and O–H groups in total. The first-order valence-corrected chi connectivity index (χ1v) is 6.51. The molecule has 1 unspecified atom stereocenters. The summed E-state index contributed by atoms with van der Waals surface area (Å²) in [5, 5.41) is 13.8. The average Bonchev–Trinajstić information content (AvgIpc) is 2.93. The first kappa shape index (κ1) is 12.2. The van der Waals surface area contributed by atoms with Crippen molar-refractivity contribution in [1.29, 1.82) is 0 Å². The summed E-state index contributed by atoms with van der Waals surface area (Å²) < 4.78 is 11.0. The maximum atomic E-state index is 9.87. The number of aliphatic hydroxyl groups is 1. The molecule has 2 aromatic rings. The zero-order chi connectivity index (χ0) is 13.4. The molecule has 4 heteroatoms. The van der Waals surface area contributed by atoms with Crippen LogP contribution in [0.3, 0.4) is 0 Å². The quantitative estimate of drug-likeness (QED) is 0.920. The molecule has 0 radical (unpaired) electrons. The normalized spacial score (nSPS) is 17.5. The lowest BCUT2D eigenvalue weighted by atomic mass is 10.1. The van der Waals surface area contributed by atoms with E-state index >= 15 is 0 Å². The molecule has 19 heavy (non-hydrogen) atoms. The van der Waals surface area contributed by atoms with E-state index < -0.39 is 0 Å². The van der Waals surface area contributed by atoms with Gasteiger partial charge in [0.2, 0.25) is 0 Å². The highest BCUT2D eigenvalue weighted by Gasteiger charge is 2.23. The predicted molar refractivity (Wildman–Crippen MR) is 70.0 cm³/mol. The van der Waals surface area contributed by atoms with E-state index in [1.54, 1.807) is 0 Å². The van der Waals surface area contributed by atoms with Crippen LogP contribution in [0.1, 0.15) is 40.7 Å². The lowest BCUT2D eigenvalue weighted by Crippen LogP contribution is -2.00. The second-order valence-electron chi connectivity index (χ2n) is 4.97. The summed E-state index contributed by atoms with van der Waals surface area (Å²) in [7, 11) is 0. The van der Waals surface area contributed by atoms with Crippen molar-refractivity contribution in [3.8, 4) is 5.75 Å². The van der Waals surface area contributed by atoms with E-state index in [0.717, 1.165) is 46.7 Å². The third-order valence-electron chi connectivity index (χ3n) is 3.75. The van der Waals surface area contributed by atoms with Gasteiger partial charge in [-0.25, -0.2) is 0 Å². The number of nitrogens with zero attached hydrogens (tertiary/aromatic N) is 1. The number of aryl methyl sites for hydroxylation is 2. The molecule has 100 valence electrons. The van der Waals surface area contributed by atoms with Crippen molar-refractivity contribution in [3.63, 3.8) is 0 Å². The third kappa shape index (κ3) is 2.12. The minimum absolute atomic E-state index is 0.349. The maximum absolute atomic E-state index is 9.87. The van der Waals surface area contributed by atoms with Crippen LogP contribution in [0.25, 0.3) is 0 Å². The van der Waals surface area contributed by atoms with Gasteiger partial charge in [0.05, 0.1) is 17.4 Å². The monoisotopic (exact) mass is 259 g/mol. The standard InChI is InChI=1S/C15H17NO3/c1-9-13(10(2)19-16-9)8-18-15-5-3-4-11-12(15)6-7-14(11)17/h3-5,14,17H,6-8H2,1-2H3. The van der Waals surface area contributed by atoms with E-state index in [4.69, 9.17) is 9.26 Å². The van der Waals surface area contributed by atoms with E-state index in [9.17, 15) is 5.11 Å². The highest BCUT2D eigenvalue weighted by atomic mass is 16.5. The molecule has 1 aromatic heterocycles. The molecule has 0 aliphatic heterocycles. The minimum Gasteiger partial charge on any atom is -0.488 e. The van der Waals surface area contributed by atoms with Gasteiger partial charge in [0, 0.05) is 5.56 Å². The smallest absolute Gasteiger partial charge is 0.140 e. The summed E-state index contributed by atoms with van der Waals surface area (Å²) in [5.41, 5.74) is 3.99. The minimum atomic E-state index is -0.349. The fourth-order valence-electron chi connectivity index (χ4n) is 2.59. The first-order valence-electron chi connectivity index (χ1n) is 6.51. The largest absolute Gasteiger partial charge is 0.488 e. The Hall–Kier alpha value is -1.81. The highest BCUT2D eigenvalue weighted by molar-refractivity contribution is 5.44. The predicted octanol–water partition coefficient (Wildman–Crippen LogP) is 2.85. The molecule has 0 spiro atoms. The van der Waals surface area contributed by atoms with Gasteiger partial charge in [0.15, 0.2) is 0 Å². The Labute approximate surface area is 112 Å². The number of ether oxygens (including phenoxy) is 1.